The maximum atomic E-state index is 3.75. The summed E-state index contributed by atoms with van der Waals surface area (Å²) in [5.41, 5.74) is 0.880. The van der Waals surface area contributed by atoms with E-state index in [9.17, 15) is 0 Å². The molecular weight excluding hydrogens is 120 g/mol. The molecule has 0 saturated heterocycles. The topological polar surface area (TPSA) is 25.8 Å². The van der Waals surface area contributed by atoms with Crippen LogP contribution in [0, 0.1) is 6.42 Å². The van der Waals surface area contributed by atoms with E-state index in [2.05, 4.69) is 16.2 Å². The third-order valence-corrected chi connectivity index (χ3v) is 1.19. The molecular formula is C5H5N2S. The van der Waals surface area contributed by atoms with Crippen LogP contribution < -0.4 is 0 Å². The van der Waals surface area contributed by atoms with Crippen LogP contribution in [-0.4, -0.2) is 9.59 Å². The van der Waals surface area contributed by atoms with E-state index in [0.717, 1.165) is 5.69 Å². The Morgan fingerprint density at radius 3 is 3.12 bits per heavy atom. The van der Waals surface area contributed by atoms with Crippen molar-refractivity contribution in [1.29, 1.82) is 0 Å². The monoisotopic (exact) mass is 125 g/mol. The van der Waals surface area contributed by atoms with Crippen LogP contribution in [-0.2, 0) is 0 Å². The second-order valence-corrected chi connectivity index (χ2v) is 1.84. The summed E-state index contributed by atoms with van der Waals surface area (Å²) in [7, 11) is 0. The molecule has 1 aromatic heterocycles. The number of hydrogen-bond acceptors (Lipinski definition) is 3. The third-order valence-electron chi connectivity index (χ3n) is 0.665. The highest BCUT2D eigenvalue weighted by atomic mass is 32.1. The first kappa shape index (κ1) is 5.44. The summed E-state index contributed by atoms with van der Waals surface area (Å²) >= 11 is 1.34. The van der Waals surface area contributed by atoms with Crippen LogP contribution in [0.2, 0.25) is 0 Å². The third kappa shape index (κ3) is 1.13. The average molecular weight is 125 g/mol. The quantitative estimate of drug-likeness (QED) is 0.595. The predicted octanol–water partition coefficient (Wildman–Crippen LogP) is 1.28. The number of aromatic nitrogens is 2. The van der Waals surface area contributed by atoms with Crippen LogP contribution >= 0.6 is 11.5 Å². The molecule has 1 aromatic rings. The lowest BCUT2D eigenvalue weighted by Gasteiger charge is -1.77. The molecule has 0 unspecified atom stereocenters. The van der Waals surface area contributed by atoms with Gasteiger partial charge in [0.1, 0.15) is 0 Å². The van der Waals surface area contributed by atoms with Gasteiger partial charge in [0.15, 0.2) is 0 Å². The van der Waals surface area contributed by atoms with Crippen molar-refractivity contribution < 1.29 is 0 Å². The predicted molar refractivity (Wildman–Crippen MR) is 33.5 cm³/mol. The molecule has 0 aromatic carbocycles. The van der Waals surface area contributed by atoms with Crippen LogP contribution in [0.25, 0.3) is 0 Å². The molecule has 0 saturated carbocycles. The Labute approximate surface area is 52.0 Å². The van der Waals surface area contributed by atoms with Crippen molar-refractivity contribution >= 4 is 11.5 Å². The van der Waals surface area contributed by atoms with Gasteiger partial charge in [-0.1, -0.05) is 10.6 Å². The van der Waals surface area contributed by atoms with Gasteiger partial charge in [-0.3, -0.25) is 0 Å². The molecule has 1 rings (SSSR count). The molecule has 0 spiro atoms. The molecule has 1 heterocycles. The number of nitrogens with zero attached hydrogens (tertiary/aromatic N) is 2. The highest BCUT2D eigenvalue weighted by Crippen LogP contribution is 1.99. The van der Waals surface area contributed by atoms with Gasteiger partial charge in [-0.05, 0) is 11.5 Å². The number of hydrogen-bond donors (Lipinski definition) is 0. The Kier molecular flexibility index (Phi) is 1.75. The fraction of sp³-hybridized carbons (Fsp3) is 0. The molecule has 1 radical (unpaired) electrons. The minimum absolute atomic E-state index is 0.880. The molecule has 0 amide bonds. The molecule has 0 aliphatic rings. The summed E-state index contributed by atoms with van der Waals surface area (Å²) in [6, 6.07) is 0. The second kappa shape index (κ2) is 2.57. The summed E-state index contributed by atoms with van der Waals surface area (Å²) in [4.78, 5) is 0. The first-order valence-corrected chi connectivity index (χ1v) is 3.00. The molecule has 3 heteroatoms. The van der Waals surface area contributed by atoms with E-state index in [4.69, 9.17) is 0 Å². The van der Waals surface area contributed by atoms with Gasteiger partial charge < -0.3 is 0 Å². The van der Waals surface area contributed by atoms with Crippen LogP contribution in [0.15, 0.2) is 18.0 Å². The van der Waals surface area contributed by atoms with Gasteiger partial charge in [-0.2, -0.15) is 0 Å². The summed E-state index contributed by atoms with van der Waals surface area (Å²) < 4.78 is 3.65. The minimum atomic E-state index is 0.880. The van der Waals surface area contributed by atoms with E-state index < -0.39 is 0 Å². The molecule has 2 nitrogen and oxygen atoms in total. The average Bonchev–Trinajstić information content (AvgIpc) is 2.19. The van der Waals surface area contributed by atoms with Gasteiger partial charge >= 0.3 is 0 Å². The maximum absolute atomic E-state index is 3.75. The number of rotatable bonds is 2. The molecule has 0 N–H and O–H groups in total. The standard InChI is InChI=1S/C5H5N2S/c1-2-3-5-4-8-7-6-5/h2-4H,1H2. The van der Waals surface area contributed by atoms with E-state index in [-0.39, 0.29) is 0 Å². The summed E-state index contributed by atoms with van der Waals surface area (Å²) in [6.07, 6.45) is 3.50. The van der Waals surface area contributed by atoms with Gasteiger partial charge in [0, 0.05) is 11.8 Å². The first-order chi connectivity index (χ1) is 3.93. The summed E-state index contributed by atoms with van der Waals surface area (Å²) in [6.45, 7) is 3.52. The zero-order valence-corrected chi connectivity index (χ0v) is 5.06. The molecule has 41 valence electrons. The van der Waals surface area contributed by atoms with Crippen molar-refractivity contribution in [3.8, 4) is 0 Å². The highest BCUT2D eigenvalue weighted by molar-refractivity contribution is 7.03. The highest BCUT2D eigenvalue weighted by Gasteiger charge is 1.88. The van der Waals surface area contributed by atoms with Crippen molar-refractivity contribution in [3.05, 3.63) is 30.1 Å². The van der Waals surface area contributed by atoms with E-state index >= 15 is 0 Å². The Bertz CT molecular complexity index is 157. The first-order valence-electron chi connectivity index (χ1n) is 2.16. The van der Waals surface area contributed by atoms with Crippen LogP contribution in [0.3, 0.4) is 0 Å². The van der Waals surface area contributed by atoms with E-state index in [1.165, 1.54) is 11.5 Å². The molecule has 8 heavy (non-hydrogen) atoms. The van der Waals surface area contributed by atoms with Crippen molar-refractivity contribution in [2.75, 3.05) is 0 Å². The lowest BCUT2D eigenvalue weighted by molar-refractivity contribution is 1.11. The Morgan fingerprint density at radius 1 is 1.75 bits per heavy atom. The van der Waals surface area contributed by atoms with E-state index in [1.54, 1.807) is 6.08 Å². The second-order valence-electron chi connectivity index (χ2n) is 1.23. The van der Waals surface area contributed by atoms with Crippen molar-refractivity contribution in [2.45, 2.75) is 0 Å². The zero-order valence-electron chi connectivity index (χ0n) is 4.24. The summed E-state index contributed by atoms with van der Waals surface area (Å²) in [5, 5.41) is 5.61. The summed E-state index contributed by atoms with van der Waals surface area (Å²) in [5.74, 6) is 0. The SMILES string of the molecule is C=C[CH]c1csnn1. The lowest BCUT2D eigenvalue weighted by Crippen LogP contribution is -1.74. The van der Waals surface area contributed by atoms with Crippen LogP contribution in [0.4, 0.5) is 0 Å². The van der Waals surface area contributed by atoms with Crippen LogP contribution in [0.5, 0.6) is 0 Å². The van der Waals surface area contributed by atoms with Gasteiger partial charge in [0.2, 0.25) is 0 Å². The van der Waals surface area contributed by atoms with Crippen molar-refractivity contribution in [2.24, 2.45) is 0 Å². The van der Waals surface area contributed by atoms with Gasteiger partial charge in [0.05, 0.1) is 5.69 Å². The van der Waals surface area contributed by atoms with Gasteiger partial charge in [-0.25, -0.2) is 0 Å². The molecule has 0 aliphatic carbocycles. The normalized spacial score (nSPS) is 9.00. The maximum Gasteiger partial charge on any atom is 0.0833 e. The van der Waals surface area contributed by atoms with Gasteiger partial charge in [-0.15, -0.1) is 11.7 Å². The van der Waals surface area contributed by atoms with Crippen molar-refractivity contribution in [3.63, 3.8) is 0 Å². The Morgan fingerprint density at radius 2 is 2.62 bits per heavy atom. The molecule has 0 bridgehead atoms. The fourth-order valence-electron chi connectivity index (χ4n) is 0.365. The zero-order chi connectivity index (χ0) is 5.82. The Hall–Kier alpha value is -0.700. The number of allylic oxidation sites excluding steroid dienone is 1. The van der Waals surface area contributed by atoms with E-state index in [1.807, 2.05) is 11.8 Å². The van der Waals surface area contributed by atoms with Crippen LogP contribution in [0.1, 0.15) is 5.69 Å². The fourth-order valence-corrected chi connectivity index (χ4v) is 0.787. The molecule has 0 aliphatic heterocycles. The largest absolute Gasteiger partial charge is 0.143 e. The Balaban J connectivity index is 2.62. The van der Waals surface area contributed by atoms with Gasteiger partial charge in [0.25, 0.3) is 0 Å². The minimum Gasteiger partial charge on any atom is -0.143 e. The van der Waals surface area contributed by atoms with E-state index in [0.29, 0.717) is 0 Å². The lowest BCUT2D eigenvalue weighted by atomic mass is 10.3. The smallest absolute Gasteiger partial charge is 0.0833 e. The van der Waals surface area contributed by atoms with Crippen molar-refractivity contribution in [1.82, 2.24) is 9.59 Å². The molecule has 0 atom stereocenters. The molecule has 0 fully saturated rings.